The Morgan fingerprint density at radius 1 is 0.633 bits per heavy atom. The van der Waals surface area contributed by atoms with Gasteiger partial charge < -0.3 is 25.0 Å². The number of hydrogen-bond donors (Lipinski definition) is 2. The fourth-order valence-corrected chi connectivity index (χ4v) is 10.5. The highest BCUT2D eigenvalue weighted by Gasteiger charge is 2.50. The fraction of sp³-hybridized carbons (Fsp3) is 0.468. The van der Waals surface area contributed by atoms with Gasteiger partial charge in [0.1, 0.15) is 17.0 Å². The summed E-state index contributed by atoms with van der Waals surface area (Å²) in [5.74, 6) is -0.165. The number of rotatable bonds is 6. The Kier molecular flexibility index (Phi) is 11.1. The van der Waals surface area contributed by atoms with Crippen molar-refractivity contribution in [2.45, 2.75) is 113 Å². The smallest absolute Gasteiger partial charge is 0.341 e. The zero-order valence-electron chi connectivity index (χ0n) is 33.7. The predicted octanol–water partition coefficient (Wildman–Crippen LogP) is 7.05. The van der Waals surface area contributed by atoms with Crippen LogP contribution < -0.4 is 15.5 Å². The standard InChI is InChI=1S/C25H27FN2O3.C22H24N4O3/c26-19-5-1-16(2-6-19)17-3-7-20(8-4-17)28-23(29)18-9-12-25(13-10-18)22-15-27-14-11-21(22)24(30)31-25;27-20(25-16-6-11-26(14-16)17-2-1-9-23-12-17)15-3-7-22(8-4-15)19-5-10-24-13-18(19)21(28)29-22/h1-2,5-6,11,14-15,17-18,20H,3-4,7-10,12-13H2,(H,28,29);1-2,5,9-10,12-13,15-16H,3-4,6-8,11,14H2,(H,25,27)/t;15?,16-,22?/m.0/s1. The molecule has 10 rings (SSSR count). The van der Waals surface area contributed by atoms with Crippen LogP contribution in [-0.2, 0) is 30.3 Å². The first kappa shape index (κ1) is 39.7. The third-order valence-electron chi connectivity index (χ3n) is 13.9. The van der Waals surface area contributed by atoms with Crippen LogP contribution in [-0.4, -0.2) is 63.9 Å². The molecular weight excluding hydrogens is 764 g/mol. The monoisotopic (exact) mass is 814 g/mol. The molecule has 3 aliphatic carbocycles. The lowest BCUT2D eigenvalue weighted by atomic mass is 9.75. The van der Waals surface area contributed by atoms with Crippen molar-refractivity contribution in [3.63, 3.8) is 0 Å². The van der Waals surface area contributed by atoms with Crippen molar-refractivity contribution in [1.29, 1.82) is 0 Å². The maximum atomic E-state index is 13.2. The van der Waals surface area contributed by atoms with Crippen LogP contribution in [0.4, 0.5) is 10.1 Å². The molecule has 0 bridgehead atoms. The number of aromatic nitrogens is 3. The molecule has 2 N–H and O–H groups in total. The van der Waals surface area contributed by atoms with E-state index >= 15 is 0 Å². The topological polar surface area (TPSA) is 153 Å². The van der Waals surface area contributed by atoms with Gasteiger partial charge >= 0.3 is 11.9 Å². The number of anilines is 1. The molecule has 60 heavy (non-hydrogen) atoms. The largest absolute Gasteiger partial charge is 0.451 e. The number of carbonyl (C=O) groups is 4. The molecule has 6 aliphatic rings. The van der Waals surface area contributed by atoms with Gasteiger partial charge in [-0.15, -0.1) is 0 Å². The Balaban J connectivity index is 0.000000154. The van der Waals surface area contributed by atoms with Gasteiger partial charge in [-0.25, -0.2) is 14.0 Å². The van der Waals surface area contributed by atoms with Gasteiger partial charge in [0.25, 0.3) is 0 Å². The summed E-state index contributed by atoms with van der Waals surface area (Å²) < 4.78 is 24.7. The summed E-state index contributed by atoms with van der Waals surface area (Å²) in [5, 5.41) is 6.49. The number of fused-ring (bicyclic) bond motifs is 4. The molecule has 6 heterocycles. The van der Waals surface area contributed by atoms with Crippen molar-refractivity contribution in [3.05, 3.63) is 119 Å². The second-order valence-corrected chi connectivity index (χ2v) is 17.4. The summed E-state index contributed by atoms with van der Waals surface area (Å²) >= 11 is 0. The first-order chi connectivity index (χ1) is 29.2. The van der Waals surface area contributed by atoms with Crippen LogP contribution in [0.3, 0.4) is 0 Å². The molecule has 3 saturated carbocycles. The summed E-state index contributed by atoms with van der Waals surface area (Å²) in [5.41, 5.74) is 4.08. The number of ether oxygens (including phenoxy) is 2. The molecule has 312 valence electrons. The van der Waals surface area contributed by atoms with Crippen molar-refractivity contribution in [2.75, 3.05) is 18.0 Å². The lowest BCUT2D eigenvalue weighted by Crippen LogP contribution is -2.43. The maximum Gasteiger partial charge on any atom is 0.341 e. The minimum atomic E-state index is -0.606. The fourth-order valence-electron chi connectivity index (χ4n) is 10.5. The first-order valence-electron chi connectivity index (χ1n) is 21.6. The molecular formula is C47H51FN6O6. The lowest BCUT2D eigenvalue weighted by molar-refractivity contribution is -0.129. The summed E-state index contributed by atoms with van der Waals surface area (Å²) in [4.78, 5) is 64.8. The number of nitrogens with zero attached hydrogens (tertiary/aromatic N) is 4. The molecule has 1 aromatic carbocycles. The molecule has 4 fully saturated rings. The molecule has 13 heteroatoms. The van der Waals surface area contributed by atoms with Crippen LogP contribution in [0.2, 0.25) is 0 Å². The molecule has 2 amide bonds. The SMILES string of the molecule is O=C1OC2(CCC(C(=O)NC3CCC(c4ccc(F)cc4)CC3)CC2)c2cnccc21.O=C1OC2(CCC(C(=O)N[C@H]3CCN(c4cccnc4)C3)CC2)c2ccncc21. The highest BCUT2D eigenvalue weighted by molar-refractivity contribution is 5.95. The van der Waals surface area contributed by atoms with Crippen LogP contribution in [0.15, 0.2) is 85.7 Å². The number of benzene rings is 1. The third-order valence-corrected chi connectivity index (χ3v) is 13.9. The number of hydrogen-bond acceptors (Lipinski definition) is 10. The summed E-state index contributed by atoms with van der Waals surface area (Å²) in [7, 11) is 0. The number of pyridine rings is 3. The predicted molar refractivity (Wildman–Crippen MR) is 219 cm³/mol. The van der Waals surface area contributed by atoms with Crippen molar-refractivity contribution in [2.24, 2.45) is 11.8 Å². The van der Waals surface area contributed by atoms with Crippen LogP contribution >= 0.6 is 0 Å². The Labute approximate surface area is 349 Å². The van der Waals surface area contributed by atoms with E-state index in [4.69, 9.17) is 9.47 Å². The van der Waals surface area contributed by atoms with Gasteiger partial charge in [-0.1, -0.05) is 12.1 Å². The Bertz CT molecular complexity index is 2210. The minimum Gasteiger partial charge on any atom is -0.451 e. The zero-order chi connectivity index (χ0) is 41.3. The van der Waals surface area contributed by atoms with E-state index < -0.39 is 11.2 Å². The van der Waals surface area contributed by atoms with Crippen LogP contribution in [0, 0.1) is 17.7 Å². The van der Waals surface area contributed by atoms with E-state index in [0.717, 1.165) is 74.8 Å². The highest BCUT2D eigenvalue weighted by Crippen LogP contribution is 2.49. The van der Waals surface area contributed by atoms with Crippen molar-refractivity contribution in [1.82, 2.24) is 25.6 Å². The summed E-state index contributed by atoms with van der Waals surface area (Å²) in [6, 6.07) is 14.7. The van der Waals surface area contributed by atoms with E-state index in [-0.39, 0.29) is 53.5 Å². The molecule has 0 unspecified atom stereocenters. The Morgan fingerprint density at radius 3 is 1.90 bits per heavy atom. The average molecular weight is 815 g/mol. The number of esters is 2. The van der Waals surface area contributed by atoms with E-state index in [0.29, 0.717) is 55.6 Å². The molecule has 12 nitrogen and oxygen atoms in total. The van der Waals surface area contributed by atoms with Gasteiger partial charge in [-0.3, -0.25) is 24.5 Å². The van der Waals surface area contributed by atoms with Crippen LogP contribution in [0.1, 0.15) is 127 Å². The summed E-state index contributed by atoms with van der Waals surface area (Å²) in [6.45, 7) is 1.73. The maximum absolute atomic E-state index is 13.2. The second-order valence-electron chi connectivity index (χ2n) is 17.4. The average Bonchev–Trinajstić information content (AvgIpc) is 3.94. The quantitative estimate of drug-likeness (QED) is 0.194. The van der Waals surface area contributed by atoms with E-state index in [1.165, 1.54) is 17.7 Å². The molecule has 0 radical (unpaired) electrons. The second kappa shape index (κ2) is 16.7. The number of amides is 2. The van der Waals surface area contributed by atoms with Gasteiger partial charge in [-0.05, 0) is 131 Å². The number of carbonyl (C=O) groups excluding carboxylic acids is 4. The van der Waals surface area contributed by atoms with Gasteiger partial charge in [0, 0.05) is 79.1 Å². The molecule has 1 atom stereocenters. The van der Waals surface area contributed by atoms with E-state index in [9.17, 15) is 23.6 Å². The van der Waals surface area contributed by atoms with Crippen molar-refractivity contribution in [3.8, 4) is 0 Å². The third kappa shape index (κ3) is 7.98. The molecule has 1 saturated heterocycles. The van der Waals surface area contributed by atoms with Gasteiger partial charge in [-0.2, -0.15) is 0 Å². The summed E-state index contributed by atoms with van der Waals surface area (Å²) in [6.07, 6.45) is 20.6. The zero-order valence-corrected chi connectivity index (χ0v) is 33.7. The Morgan fingerprint density at radius 2 is 1.23 bits per heavy atom. The van der Waals surface area contributed by atoms with E-state index in [1.807, 2.05) is 36.5 Å². The van der Waals surface area contributed by atoms with Gasteiger partial charge in [0.2, 0.25) is 11.8 Å². The van der Waals surface area contributed by atoms with Crippen LogP contribution in [0.25, 0.3) is 0 Å². The number of nitrogens with one attached hydrogen (secondary N) is 2. The normalized spacial score (nSPS) is 29.1. The highest BCUT2D eigenvalue weighted by atomic mass is 19.1. The molecule has 2 spiro atoms. The van der Waals surface area contributed by atoms with Crippen LogP contribution in [0.5, 0.6) is 0 Å². The molecule has 3 aromatic heterocycles. The van der Waals surface area contributed by atoms with Gasteiger partial charge in [0.05, 0.1) is 23.0 Å². The molecule has 4 aromatic rings. The molecule has 3 aliphatic heterocycles. The van der Waals surface area contributed by atoms with Crippen molar-refractivity contribution >= 4 is 29.4 Å². The Hall–Kier alpha value is -5.72. The van der Waals surface area contributed by atoms with E-state index in [1.54, 1.807) is 37.1 Å². The van der Waals surface area contributed by atoms with E-state index in [2.05, 4.69) is 30.5 Å². The van der Waals surface area contributed by atoms with Gasteiger partial charge in [0.15, 0.2) is 0 Å². The first-order valence-corrected chi connectivity index (χ1v) is 21.6. The van der Waals surface area contributed by atoms with Crippen molar-refractivity contribution < 1.29 is 33.0 Å². The lowest BCUT2D eigenvalue weighted by Gasteiger charge is -2.36. The number of halogens is 1. The minimum absolute atomic E-state index is 0.0299.